The molecule has 0 radical (unpaired) electrons. The van der Waals surface area contributed by atoms with Gasteiger partial charge in [-0.3, -0.25) is 13.3 Å². The largest absolute Gasteiger partial charge is 1.00 e. The third kappa shape index (κ3) is 680. The van der Waals surface area contributed by atoms with Gasteiger partial charge in [0.05, 0.1) is 11.4 Å². The first-order chi connectivity index (χ1) is 5.46. The Morgan fingerprint density at radius 1 is 1.06 bits per heavy atom. The Labute approximate surface area is 146 Å². The summed E-state index contributed by atoms with van der Waals surface area (Å²) in [6, 6.07) is 0. The fourth-order valence-electron chi connectivity index (χ4n) is 0. The molecular formula is H7NNa2O9S4. The van der Waals surface area contributed by atoms with E-state index in [1.165, 1.54) is 0 Å². The smallest absolute Gasteiger partial charge is 0.784 e. The molecule has 0 aromatic carbocycles. The summed E-state index contributed by atoms with van der Waals surface area (Å²) in [5, 5.41) is 0. The second-order valence-electron chi connectivity index (χ2n) is 0.869. The molecule has 7 N–H and O–H groups in total. The quantitative estimate of drug-likeness (QED) is 0.241. The first-order valence-electron chi connectivity index (χ1n) is 1.71. The molecule has 0 aliphatic heterocycles. The summed E-state index contributed by atoms with van der Waals surface area (Å²) < 4.78 is 73.4. The van der Waals surface area contributed by atoms with Crippen molar-refractivity contribution < 1.29 is 99.1 Å². The standard InChI is InChI=1S/H3N.2Na.H2O3S2.2H2O3S/c;;;1-5(2,3)4;2*1-4(2)3/h1H3;;;(H2,1,2,3,4);2*(H2,1,2,3)/q;2*+1;;;/p-2. The van der Waals surface area contributed by atoms with Gasteiger partial charge in [-0.25, -0.2) is 4.21 Å². The molecule has 92 valence electrons. The minimum Gasteiger partial charge on any atom is -0.784 e. The van der Waals surface area contributed by atoms with Gasteiger partial charge < -0.3 is 24.4 Å². The van der Waals surface area contributed by atoms with E-state index in [-0.39, 0.29) is 65.3 Å². The van der Waals surface area contributed by atoms with E-state index in [0.29, 0.717) is 0 Å². The van der Waals surface area contributed by atoms with E-state index in [2.05, 4.69) is 11.2 Å². The molecule has 16 heavy (non-hydrogen) atoms. The summed E-state index contributed by atoms with van der Waals surface area (Å²) in [6.45, 7) is 0. The van der Waals surface area contributed by atoms with Crippen molar-refractivity contribution >= 4 is 43.0 Å². The minimum atomic E-state index is -3.83. The van der Waals surface area contributed by atoms with Crippen LogP contribution in [0.5, 0.6) is 0 Å². The summed E-state index contributed by atoms with van der Waals surface area (Å²) in [6.07, 6.45) is 0. The number of rotatable bonds is 0. The van der Waals surface area contributed by atoms with Gasteiger partial charge in [-0.15, -0.1) is 11.4 Å². The molecule has 0 spiro atoms. The van der Waals surface area contributed by atoms with Crippen LogP contribution >= 0.6 is 0 Å². The number of hydrogen-bond donors (Lipinski definition) is 4. The maximum Gasteiger partial charge on any atom is 1.00 e. The van der Waals surface area contributed by atoms with E-state index in [1.807, 2.05) is 0 Å². The monoisotopic (exact) mass is 339 g/mol. The van der Waals surface area contributed by atoms with Crippen LogP contribution in [0.3, 0.4) is 0 Å². The Kier molecular flexibility index (Phi) is 51.1. The first-order valence-corrected chi connectivity index (χ1v) is 6.14. The van der Waals surface area contributed by atoms with E-state index < -0.39 is 31.8 Å². The molecule has 1 unspecified atom stereocenters. The third-order valence-corrected chi connectivity index (χ3v) is 0. The van der Waals surface area contributed by atoms with Gasteiger partial charge in [-0.2, -0.15) is 4.21 Å². The molecule has 0 amide bonds. The Balaban J connectivity index is -0.0000000216. The van der Waals surface area contributed by atoms with Crippen LogP contribution in [0.4, 0.5) is 0 Å². The number of hydrogen-bond acceptors (Lipinski definition) is 7. The van der Waals surface area contributed by atoms with Gasteiger partial charge in [0.15, 0.2) is 0 Å². The van der Waals surface area contributed by atoms with Crippen LogP contribution < -0.4 is 65.3 Å². The van der Waals surface area contributed by atoms with Gasteiger partial charge in [-0.1, -0.05) is 0 Å². The van der Waals surface area contributed by atoms with Crippen molar-refractivity contribution in [2.24, 2.45) is 0 Å². The van der Waals surface area contributed by atoms with E-state index in [4.69, 9.17) is 39.9 Å². The molecule has 1 atom stereocenters. The maximum atomic E-state index is 9.11. The third-order valence-electron chi connectivity index (χ3n) is 0. The van der Waals surface area contributed by atoms with Crippen LogP contribution in [-0.2, 0) is 43.0 Å². The topological polar surface area (TPSA) is 218 Å². The predicted octanol–water partition coefficient (Wildman–Crippen LogP) is -7.60. The van der Waals surface area contributed by atoms with E-state index in [0.717, 1.165) is 0 Å². The molecule has 0 bridgehead atoms. The zero-order chi connectivity index (χ0) is 11.7. The molecule has 0 saturated heterocycles. The molecule has 0 aromatic rings. The predicted molar refractivity (Wildman–Crippen MR) is 48.0 cm³/mol. The van der Waals surface area contributed by atoms with Crippen molar-refractivity contribution in [3.8, 4) is 0 Å². The van der Waals surface area contributed by atoms with Gasteiger partial charge in [0.2, 0.25) is 0 Å². The van der Waals surface area contributed by atoms with Gasteiger partial charge in [-0.05, 0) is 0 Å². The van der Waals surface area contributed by atoms with Crippen LogP contribution in [0.15, 0.2) is 0 Å². The van der Waals surface area contributed by atoms with Crippen LogP contribution in [0.25, 0.3) is 0 Å². The molecule has 0 fully saturated rings. The molecule has 16 heteroatoms. The SMILES string of the molecule is O=S(O)(O)=S.O=S([O-])O.O=S([O-])[O-].[NH4+].[Na+].[Na+]. The van der Waals surface area contributed by atoms with Crippen molar-refractivity contribution in [2.75, 3.05) is 0 Å². The van der Waals surface area contributed by atoms with Crippen molar-refractivity contribution in [3.63, 3.8) is 0 Å². The first kappa shape index (κ1) is 36.2. The fraction of sp³-hybridized carbons (Fsp3) is 0. The second-order valence-corrected chi connectivity index (χ2v) is 3.91. The van der Waals surface area contributed by atoms with Crippen molar-refractivity contribution in [3.05, 3.63) is 0 Å². The van der Waals surface area contributed by atoms with Gasteiger partial charge >= 0.3 is 59.1 Å². The molecular weight excluding hydrogens is 332 g/mol. The Morgan fingerprint density at radius 2 is 1.06 bits per heavy atom. The summed E-state index contributed by atoms with van der Waals surface area (Å²) in [5.74, 6) is 0. The molecule has 10 nitrogen and oxygen atoms in total. The van der Waals surface area contributed by atoms with E-state index in [1.54, 1.807) is 0 Å². The number of quaternary nitrogens is 1. The van der Waals surface area contributed by atoms with Crippen LogP contribution in [0.2, 0.25) is 0 Å². The maximum absolute atomic E-state index is 9.11. The van der Waals surface area contributed by atoms with Gasteiger partial charge in [0.25, 0.3) is 9.05 Å². The van der Waals surface area contributed by atoms with Crippen LogP contribution in [-0.4, -0.2) is 39.9 Å². The van der Waals surface area contributed by atoms with Crippen molar-refractivity contribution in [1.82, 2.24) is 6.15 Å². The Hall–Kier alpha value is 2.39. The minimum absolute atomic E-state index is 0. The zero-order valence-corrected chi connectivity index (χ0v) is 15.7. The molecule has 0 rings (SSSR count). The molecule has 0 saturated carbocycles. The molecule has 0 aromatic heterocycles. The normalized spacial score (nSPS) is 9.69. The second kappa shape index (κ2) is 22.6. The van der Waals surface area contributed by atoms with E-state index >= 15 is 0 Å². The van der Waals surface area contributed by atoms with Crippen LogP contribution in [0, 0.1) is 0 Å². The zero-order valence-electron chi connectivity index (χ0n) is 8.42. The Bertz CT molecular complexity index is 220. The average molecular weight is 339 g/mol. The summed E-state index contributed by atoms with van der Waals surface area (Å²) in [4.78, 5) is 0. The van der Waals surface area contributed by atoms with E-state index in [9.17, 15) is 0 Å². The summed E-state index contributed by atoms with van der Waals surface area (Å²) >= 11 is -2.51. The molecule has 0 aliphatic rings. The average Bonchev–Trinajstić information content (AvgIpc) is 1.50. The Morgan fingerprint density at radius 3 is 1.06 bits per heavy atom. The summed E-state index contributed by atoms with van der Waals surface area (Å²) in [5.41, 5.74) is 0. The van der Waals surface area contributed by atoms with Gasteiger partial charge in [0.1, 0.15) is 0 Å². The summed E-state index contributed by atoms with van der Waals surface area (Å²) in [7, 11) is -3.83. The van der Waals surface area contributed by atoms with Crippen molar-refractivity contribution in [1.29, 1.82) is 0 Å². The van der Waals surface area contributed by atoms with Gasteiger partial charge in [0, 0.05) is 11.2 Å². The van der Waals surface area contributed by atoms with Crippen LogP contribution in [0.1, 0.15) is 0 Å². The fourth-order valence-corrected chi connectivity index (χ4v) is 0. The molecule has 0 aliphatic carbocycles. The van der Waals surface area contributed by atoms with Crippen molar-refractivity contribution in [2.45, 2.75) is 0 Å². The molecule has 0 heterocycles.